The van der Waals surface area contributed by atoms with Gasteiger partial charge in [-0.15, -0.1) is 11.3 Å². The third-order valence-electron chi connectivity index (χ3n) is 4.64. The van der Waals surface area contributed by atoms with Crippen molar-refractivity contribution in [2.75, 3.05) is 11.4 Å². The summed E-state index contributed by atoms with van der Waals surface area (Å²) in [6, 6.07) is 19.2. The van der Waals surface area contributed by atoms with Gasteiger partial charge in [0.25, 0.3) is 5.56 Å². The molecule has 4 rings (SSSR count). The van der Waals surface area contributed by atoms with Gasteiger partial charge >= 0.3 is 0 Å². The number of hydrogen-bond donors (Lipinski definition) is 0. The molecule has 2 aromatic carbocycles. The van der Waals surface area contributed by atoms with Crippen molar-refractivity contribution in [3.8, 4) is 11.1 Å². The highest BCUT2D eigenvalue weighted by atomic mass is 32.1. The molecule has 4 aromatic rings. The van der Waals surface area contributed by atoms with Crippen molar-refractivity contribution >= 4 is 33.1 Å². The van der Waals surface area contributed by atoms with Gasteiger partial charge < -0.3 is 4.90 Å². The van der Waals surface area contributed by atoms with Crippen LogP contribution >= 0.6 is 11.3 Å². The van der Waals surface area contributed by atoms with Crippen LogP contribution in [0.3, 0.4) is 0 Å². The molecule has 0 bridgehead atoms. The Morgan fingerprint density at radius 3 is 2.43 bits per heavy atom. The number of benzene rings is 2. The van der Waals surface area contributed by atoms with Gasteiger partial charge in [-0.3, -0.25) is 14.2 Å². The number of carbonyl (C=O) groups excluding carboxylic acids is 1. The Bertz CT molecular complexity index is 1170. The molecule has 0 aliphatic carbocycles. The number of rotatable bonds is 5. The van der Waals surface area contributed by atoms with Crippen molar-refractivity contribution in [3.05, 3.63) is 82.7 Å². The van der Waals surface area contributed by atoms with Gasteiger partial charge in [0.15, 0.2) is 0 Å². The number of amides is 1. The van der Waals surface area contributed by atoms with Crippen molar-refractivity contribution in [3.63, 3.8) is 0 Å². The van der Waals surface area contributed by atoms with E-state index in [1.165, 1.54) is 22.2 Å². The summed E-state index contributed by atoms with van der Waals surface area (Å²) in [5, 5.41) is 2.51. The van der Waals surface area contributed by atoms with Crippen molar-refractivity contribution in [2.24, 2.45) is 0 Å². The average molecular weight is 389 g/mol. The van der Waals surface area contributed by atoms with Crippen molar-refractivity contribution in [2.45, 2.75) is 13.5 Å². The zero-order valence-corrected chi connectivity index (χ0v) is 16.2. The molecule has 5 nitrogen and oxygen atoms in total. The number of carbonyl (C=O) groups is 1. The lowest BCUT2D eigenvalue weighted by Gasteiger charge is -2.21. The predicted molar refractivity (Wildman–Crippen MR) is 114 cm³/mol. The normalized spacial score (nSPS) is 10.9. The number of anilines is 1. The third-order valence-corrected chi connectivity index (χ3v) is 5.52. The van der Waals surface area contributed by atoms with E-state index in [9.17, 15) is 9.59 Å². The minimum absolute atomic E-state index is 0.0470. The number of likely N-dealkylation sites (N-methyl/N-ethyl adjacent to an activating group) is 1. The van der Waals surface area contributed by atoms with Gasteiger partial charge in [-0.25, -0.2) is 4.98 Å². The smallest absolute Gasteiger partial charge is 0.263 e. The largest absolute Gasteiger partial charge is 0.311 e. The lowest BCUT2D eigenvalue weighted by molar-refractivity contribution is -0.119. The van der Waals surface area contributed by atoms with Crippen LogP contribution in [0.1, 0.15) is 6.92 Å². The first-order valence-electron chi connectivity index (χ1n) is 9.06. The van der Waals surface area contributed by atoms with E-state index in [0.29, 0.717) is 16.8 Å². The summed E-state index contributed by atoms with van der Waals surface area (Å²) in [7, 11) is 0. The van der Waals surface area contributed by atoms with Crippen LogP contribution in [-0.2, 0) is 11.3 Å². The molecule has 0 atom stereocenters. The fraction of sp³-hybridized carbons (Fsp3) is 0.136. The van der Waals surface area contributed by atoms with E-state index < -0.39 is 0 Å². The number of para-hydroxylation sites is 1. The second-order valence-electron chi connectivity index (χ2n) is 6.35. The highest BCUT2D eigenvalue weighted by Crippen LogP contribution is 2.30. The van der Waals surface area contributed by atoms with E-state index in [1.807, 2.05) is 73.0 Å². The number of aromatic nitrogens is 2. The Hall–Kier alpha value is -3.25. The summed E-state index contributed by atoms with van der Waals surface area (Å²) in [6.45, 7) is 2.40. The maximum absolute atomic E-state index is 13.1. The van der Waals surface area contributed by atoms with Crippen LogP contribution in [0.25, 0.3) is 21.3 Å². The summed E-state index contributed by atoms with van der Waals surface area (Å²) >= 11 is 1.44. The molecule has 1 amide bonds. The Morgan fingerprint density at radius 2 is 1.75 bits per heavy atom. The van der Waals surface area contributed by atoms with Crippen LogP contribution in [0.4, 0.5) is 5.69 Å². The van der Waals surface area contributed by atoms with E-state index in [1.54, 1.807) is 4.90 Å². The zero-order chi connectivity index (χ0) is 19.5. The molecule has 0 saturated heterocycles. The molecule has 28 heavy (non-hydrogen) atoms. The first-order valence-corrected chi connectivity index (χ1v) is 9.94. The van der Waals surface area contributed by atoms with Crippen LogP contribution in [-0.4, -0.2) is 22.0 Å². The molecule has 0 aliphatic heterocycles. The second kappa shape index (κ2) is 7.78. The molecule has 2 aromatic heterocycles. The summed E-state index contributed by atoms with van der Waals surface area (Å²) in [4.78, 5) is 32.8. The summed E-state index contributed by atoms with van der Waals surface area (Å²) in [5.74, 6) is -0.145. The van der Waals surface area contributed by atoms with Crippen molar-refractivity contribution in [1.82, 2.24) is 9.55 Å². The molecule has 0 fully saturated rings. The van der Waals surface area contributed by atoms with Gasteiger partial charge in [0.2, 0.25) is 5.91 Å². The van der Waals surface area contributed by atoms with Gasteiger partial charge in [-0.05, 0) is 24.6 Å². The van der Waals surface area contributed by atoms with Gasteiger partial charge in [-0.1, -0.05) is 48.5 Å². The van der Waals surface area contributed by atoms with E-state index in [4.69, 9.17) is 0 Å². The molecular formula is C22H19N3O2S. The van der Waals surface area contributed by atoms with E-state index >= 15 is 0 Å². The highest BCUT2D eigenvalue weighted by molar-refractivity contribution is 7.17. The van der Waals surface area contributed by atoms with Crippen molar-refractivity contribution in [1.29, 1.82) is 0 Å². The molecule has 0 unspecified atom stereocenters. The number of fused-ring (bicyclic) bond motifs is 1. The predicted octanol–water partition coefficient (Wildman–Crippen LogP) is 4.18. The van der Waals surface area contributed by atoms with Crippen LogP contribution in [0.15, 0.2) is 77.2 Å². The van der Waals surface area contributed by atoms with Crippen LogP contribution in [0.2, 0.25) is 0 Å². The summed E-state index contributed by atoms with van der Waals surface area (Å²) in [6.07, 6.45) is 1.46. The molecule has 2 heterocycles. The standard InChI is InChI=1S/C22H19N3O2S/c1-2-25(17-11-7-4-8-12-17)19(26)13-24-15-23-21-20(22(24)27)18(14-28-21)16-9-5-3-6-10-16/h3-12,14-15H,2,13H2,1H3. The van der Waals surface area contributed by atoms with E-state index in [0.717, 1.165) is 16.8 Å². The molecule has 140 valence electrons. The molecule has 0 spiro atoms. The zero-order valence-electron chi connectivity index (χ0n) is 15.4. The SMILES string of the molecule is CCN(C(=O)Cn1cnc2scc(-c3ccccc3)c2c1=O)c1ccccc1. The quantitative estimate of drug-likeness (QED) is 0.515. The summed E-state index contributed by atoms with van der Waals surface area (Å²) < 4.78 is 1.40. The third kappa shape index (κ3) is 3.34. The van der Waals surface area contributed by atoms with E-state index in [-0.39, 0.29) is 18.0 Å². The minimum atomic E-state index is -0.192. The van der Waals surface area contributed by atoms with Crippen molar-refractivity contribution < 1.29 is 4.79 Å². The lowest BCUT2D eigenvalue weighted by Crippen LogP contribution is -2.36. The van der Waals surface area contributed by atoms with Gasteiger partial charge in [-0.2, -0.15) is 0 Å². The molecule has 0 N–H and O–H groups in total. The van der Waals surface area contributed by atoms with Gasteiger partial charge in [0, 0.05) is 23.2 Å². The minimum Gasteiger partial charge on any atom is -0.311 e. The maximum atomic E-state index is 13.1. The maximum Gasteiger partial charge on any atom is 0.263 e. The van der Waals surface area contributed by atoms with Crippen LogP contribution in [0, 0.1) is 0 Å². The Morgan fingerprint density at radius 1 is 1.07 bits per heavy atom. The van der Waals surface area contributed by atoms with Crippen LogP contribution in [0.5, 0.6) is 0 Å². The number of thiophene rings is 1. The second-order valence-corrected chi connectivity index (χ2v) is 7.20. The summed E-state index contributed by atoms with van der Waals surface area (Å²) in [5.41, 5.74) is 2.45. The monoisotopic (exact) mass is 389 g/mol. The molecule has 6 heteroatoms. The average Bonchev–Trinajstić information content (AvgIpc) is 3.17. The first-order chi connectivity index (χ1) is 13.7. The topological polar surface area (TPSA) is 55.2 Å². The molecule has 0 saturated carbocycles. The van der Waals surface area contributed by atoms with Gasteiger partial charge in [0.1, 0.15) is 11.4 Å². The lowest BCUT2D eigenvalue weighted by atomic mass is 10.1. The fourth-order valence-corrected chi connectivity index (χ4v) is 4.16. The van der Waals surface area contributed by atoms with E-state index in [2.05, 4.69) is 4.98 Å². The highest BCUT2D eigenvalue weighted by Gasteiger charge is 2.18. The number of hydrogen-bond acceptors (Lipinski definition) is 4. The number of nitrogens with zero attached hydrogens (tertiary/aromatic N) is 3. The fourth-order valence-electron chi connectivity index (χ4n) is 3.25. The van der Waals surface area contributed by atoms with Gasteiger partial charge in [0.05, 0.1) is 11.7 Å². The Labute approximate surface area is 166 Å². The molecule has 0 radical (unpaired) electrons. The van der Waals surface area contributed by atoms with Crippen LogP contribution < -0.4 is 10.5 Å². The molecule has 0 aliphatic rings. The molecular weight excluding hydrogens is 370 g/mol. The Kier molecular flexibility index (Phi) is 5.04. The Balaban J connectivity index is 1.71. The first kappa shape index (κ1) is 18.1.